The van der Waals surface area contributed by atoms with Crippen molar-refractivity contribution >= 4 is 11.9 Å². The van der Waals surface area contributed by atoms with E-state index in [1.54, 1.807) is 25.8 Å². The van der Waals surface area contributed by atoms with Gasteiger partial charge in [-0.05, 0) is 12.8 Å². The molecule has 0 bridgehead atoms. The van der Waals surface area contributed by atoms with E-state index >= 15 is 0 Å². The molecule has 0 aliphatic heterocycles. The topological polar surface area (TPSA) is 69.6 Å². The summed E-state index contributed by atoms with van der Waals surface area (Å²) in [5.41, 5.74) is 0. The van der Waals surface area contributed by atoms with Crippen molar-refractivity contribution in [2.75, 3.05) is 20.1 Å². The molecule has 0 aromatic heterocycles. The molecule has 0 aromatic rings. The molecule has 0 aliphatic rings. The molecule has 15 heavy (non-hydrogen) atoms. The lowest BCUT2D eigenvalue weighted by molar-refractivity contribution is -0.140. The molecule has 2 N–H and O–H groups in total. The van der Waals surface area contributed by atoms with E-state index in [2.05, 4.69) is 5.32 Å². The van der Waals surface area contributed by atoms with Crippen LogP contribution in [0.1, 0.15) is 20.8 Å². The molecule has 1 unspecified atom stereocenters. The Morgan fingerprint density at radius 1 is 1.40 bits per heavy atom. The largest absolute Gasteiger partial charge is 0.480 e. The Balaban J connectivity index is 4.11. The van der Waals surface area contributed by atoms with Gasteiger partial charge in [0.1, 0.15) is 6.04 Å². The summed E-state index contributed by atoms with van der Waals surface area (Å²) in [6.45, 7) is 6.17. The minimum atomic E-state index is -0.919. The maximum absolute atomic E-state index is 11.4. The maximum atomic E-state index is 11.4. The molecule has 0 aliphatic carbocycles. The van der Waals surface area contributed by atoms with Crippen molar-refractivity contribution in [2.45, 2.75) is 26.8 Å². The number of nitrogens with one attached hydrogen (secondary N) is 1. The summed E-state index contributed by atoms with van der Waals surface area (Å²) in [4.78, 5) is 23.7. The Kier molecular flexibility index (Phi) is 5.93. The highest BCUT2D eigenvalue weighted by Gasteiger charge is 2.21. The first kappa shape index (κ1) is 13.9. The van der Waals surface area contributed by atoms with Gasteiger partial charge in [0.15, 0.2) is 0 Å². The van der Waals surface area contributed by atoms with E-state index in [4.69, 9.17) is 5.11 Å². The molecule has 5 heteroatoms. The number of carbonyl (C=O) groups is 2. The summed E-state index contributed by atoms with van der Waals surface area (Å²) < 4.78 is 0. The molecule has 0 rings (SSSR count). The van der Waals surface area contributed by atoms with Crippen LogP contribution in [0.25, 0.3) is 0 Å². The average Bonchev–Trinajstić information content (AvgIpc) is 2.15. The second-order valence-corrected chi connectivity index (χ2v) is 3.85. The third-order valence-electron chi connectivity index (χ3n) is 2.31. The fraction of sp³-hybridized carbons (Fsp3) is 0.800. The first-order valence-corrected chi connectivity index (χ1v) is 5.10. The van der Waals surface area contributed by atoms with Crippen LogP contribution < -0.4 is 5.32 Å². The number of carboxylic acids is 1. The Labute approximate surface area is 90.5 Å². The fourth-order valence-electron chi connectivity index (χ4n) is 1.12. The number of rotatable bonds is 6. The second-order valence-electron chi connectivity index (χ2n) is 3.85. The van der Waals surface area contributed by atoms with Gasteiger partial charge in [0.25, 0.3) is 0 Å². The van der Waals surface area contributed by atoms with Gasteiger partial charge in [-0.1, -0.05) is 13.8 Å². The summed E-state index contributed by atoms with van der Waals surface area (Å²) in [5, 5.41) is 11.6. The van der Waals surface area contributed by atoms with Gasteiger partial charge < -0.3 is 10.0 Å². The van der Waals surface area contributed by atoms with Crippen LogP contribution in [0.5, 0.6) is 0 Å². The minimum absolute atomic E-state index is 0.0396. The van der Waals surface area contributed by atoms with Crippen molar-refractivity contribution in [1.29, 1.82) is 0 Å². The number of hydrogen-bond acceptors (Lipinski definition) is 3. The van der Waals surface area contributed by atoms with E-state index in [9.17, 15) is 9.59 Å². The normalized spacial score (nSPS) is 12.6. The van der Waals surface area contributed by atoms with Crippen molar-refractivity contribution in [3.05, 3.63) is 0 Å². The highest BCUT2D eigenvalue weighted by molar-refractivity contribution is 5.79. The van der Waals surface area contributed by atoms with E-state index in [0.717, 1.165) is 0 Å². The van der Waals surface area contributed by atoms with Crippen LogP contribution in [-0.4, -0.2) is 48.1 Å². The maximum Gasteiger partial charge on any atom is 0.320 e. The number of nitrogens with zero attached hydrogens (tertiary/aromatic N) is 1. The predicted octanol–water partition coefficient (Wildman–Crippen LogP) is 0.164. The zero-order valence-electron chi connectivity index (χ0n) is 9.78. The zero-order valence-corrected chi connectivity index (χ0v) is 9.78. The SMILES string of the molecule is CCN(C)C(=O)CNC(C(=O)O)C(C)C. The summed E-state index contributed by atoms with van der Waals surface area (Å²) in [6.07, 6.45) is 0. The van der Waals surface area contributed by atoms with Crippen LogP contribution in [0.2, 0.25) is 0 Å². The number of hydrogen-bond donors (Lipinski definition) is 2. The van der Waals surface area contributed by atoms with E-state index in [0.29, 0.717) is 6.54 Å². The van der Waals surface area contributed by atoms with Crippen molar-refractivity contribution in [2.24, 2.45) is 5.92 Å². The van der Waals surface area contributed by atoms with E-state index < -0.39 is 12.0 Å². The first-order chi connectivity index (χ1) is 6.90. The zero-order chi connectivity index (χ0) is 12.0. The lowest BCUT2D eigenvalue weighted by Crippen LogP contribution is -2.46. The molecule has 0 radical (unpaired) electrons. The van der Waals surface area contributed by atoms with Crippen molar-refractivity contribution < 1.29 is 14.7 Å². The third-order valence-corrected chi connectivity index (χ3v) is 2.31. The van der Waals surface area contributed by atoms with Crippen LogP contribution in [0.15, 0.2) is 0 Å². The van der Waals surface area contributed by atoms with Gasteiger partial charge in [-0.3, -0.25) is 14.9 Å². The summed E-state index contributed by atoms with van der Waals surface area (Å²) in [5.74, 6) is -1.05. The monoisotopic (exact) mass is 216 g/mol. The smallest absolute Gasteiger partial charge is 0.320 e. The van der Waals surface area contributed by atoms with Gasteiger partial charge >= 0.3 is 5.97 Å². The molecule has 1 amide bonds. The number of carboxylic acid groups (broad SMARTS) is 1. The van der Waals surface area contributed by atoms with Gasteiger partial charge in [0.05, 0.1) is 6.54 Å². The molecule has 1 atom stereocenters. The standard InChI is InChI=1S/C10H20N2O3/c1-5-12(4)8(13)6-11-9(7(2)3)10(14)15/h7,9,11H,5-6H2,1-4H3,(H,14,15). The van der Waals surface area contributed by atoms with E-state index in [-0.39, 0.29) is 18.4 Å². The lowest BCUT2D eigenvalue weighted by atomic mass is 10.1. The quantitative estimate of drug-likeness (QED) is 0.663. The van der Waals surface area contributed by atoms with Crippen molar-refractivity contribution in [1.82, 2.24) is 10.2 Å². The number of carbonyl (C=O) groups excluding carboxylic acids is 1. The molecule has 0 saturated carbocycles. The minimum Gasteiger partial charge on any atom is -0.480 e. The summed E-state index contributed by atoms with van der Waals surface area (Å²) in [7, 11) is 1.69. The van der Waals surface area contributed by atoms with Crippen LogP contribution in [0.4, 0.5) is 0 Å². The Morgan fingerprint density at radius 2 is 1.93 bits per heavy atom. The Hall–Kier alpha value is -1.10. The molecular formula is C10H20N2O3. The summed E-state index contributed by atoms with van der Waals surface area (Å²) in [6, 6.07) is -0.667. The van der Waals surface area contributed by atoms with Crippen molar-refractivity contribution in [3.63, 3.8) is 0 Å². The predicted molar refractivity (Wildman–Crippen MR) is 57.6 cm³/mol. The highest BCUT2D eigenvalue weighted by atomic mass is 16.4. The van der Waals surface area contributed by atoms with Gasteiger partial charge in [-0.2, -0.15) is 0 Å². The van der Waals surface area contributed by atoms with Gasteiger partial charge in [-0.15, -0.1) is 0 Å². The lowest BCUT2D eigenvalue weighted by Gasteiger charge is -2.20. The number of amides is 1. The Bertz CT molecular complexity index is 229. The van der Waals surface area contributed by atoms with Crippen LogP contribution in [0.3, 0.4) is 0 Å². The van der Waals surface area contributed by atoms with Crippen LogP contribution >= 0.6 is 0 Å². The Morgan fingerprint density at radius 3 is 2.27 bits per heavy atom. The van der Waals surface area contributed by atoms with Crippen molar-refractivity contribution in [3.8, 4) is 0 Å². The molecule has 0 spiro atoms. The highest BCUT2D eigenvalue weighted by Crippen LogP contribution is 2.01. The van der Waals surface area contributed by atoms with Gasteiger partial charge in [0, 0.05) is 13.6 Å². The molecule has 0 heterocycles. The molecule has 5 nitrogen and oxygen atoms in total. The fourth-order valence-corrected chi connectivity index (χ4v) is 1.12. The third kappa shape index (κ3) is 4.78. The molecule has 0 aromatic carbocycles. The van der Waals surface area contributed by atoms with E-state index in [1.165, 1.54) is 0 Å². The molecular weight excluding hydrogens is 196 g/mol. The van der Waals surface area contributed by atoms with E-state index in [1.807, 2.05) is 6.92 Å². The molecule has 88 valence electrons. The van der Waals surface area contributed by atoms with Gasteiger partial charge in [-0.25, -0.2) is 0 Å². The number of likely N-dealkylation sites (N-methyl/N-ethyl adjacent to an activating group) is 1. The average molecular weight is 216 g/mol. The second kappa shape index (κ2) is 6.40. The molecule has 0 saturated heterocycles. The number of aliphatic carboxylic acids is 1. The molecule has 0 fully saturated rings. The van der Waals surface area contributed by atoms with Crippen LogP contribution in [-0.2, 0) is 9.59 Å². The van der Waals surface area contributed by atoms with Gasteiger partial charge in [0.2, 0.25) is 5.91 Å². The first-order valence-electron chi connectivity index (χ1n) is 5.10. The summed E-state index contributed by atoms with van der Waals surface area (Å²) >= 11 is 0. The van der Waals surface area contributed by atoms with Crippen LogP contribution in [0, 0.1) is 5.92 Å².